The molecule has 0 amide bonds. The lowest BCUT2D eigenvalue weighted by atomic mass is 10.00. The van der Waals surface area contributed by atoms with Crippen LogP contribution in [0.2, 0.25) is 0 Å². The highest BCUT2D eigenvalue weighted by molar-refractivity contribution is 5.76. The second-order valence-corrected chi connectivity index (χ2v) is 6.33. The fourth-order valence-electron chi connectivity index (χ4n) is 3.32. The zero-order chi connectivity index (χ0) is 18.8. The summed E-state index contributed by atoms with van der Waals surface area (Å²) in [6.07, 6.45) is 0.774. The SMILES string of the molecule is CCc1c(-c2ccccc2)nn(-c2cccc(F)c2)c1-c1ccc(O)cc1. The molecule has 4 aromatic rings. The van der Waals surface area contributed by atoms with E-state index in [0.29, 0.717) is 5.69 Å². The van der Waals surface area contributed by atoms with Crippen molar-refractivity contribution in [1.29, 1.82) is 0 Å². The molecular formula is C23H19FN2O. The Labute approximate surface area is 157 Å². The number of benzene rings is 3. The van der Waals surface area contributed by atoms with E-state index in [1.807, 2.05) is 48.5 Å². The second-order valence-electron chi connectivity index (χ2n) is 6.33. The minimum absolute atomic E-state index is 0.205. The number of aromatic hydroxyl groups is 1. The number of hydrogen-bond donors (Lipinski definition) is 1. The predicted octanol–water partition coefficient (Wildman–Crippen LogP) is 5.61. The Morgan fingerprint density at radius 2 is 1.63 bits per heavy atom. The van der Waals surface area contributed by atoms with E-state index in [2.05, 4.69) is 6.92 Å². The van der Waals surface area contributed by atoms with Gasteiger partial charge in [-0.05, 0) is 48.9 Å². The number of hydrogen-bond acceptors (Lipinski definition) is 2. The van der Waals surface area contributed by atoms with E-state index in [1.165, 1.54) is 12.1 Å². The minimum Gasteiger partial charge on any atom is -0.508 e. The summed E-state index contributed by atoms with van der Waals surface area (Å²) in [4.78, 5) is 0. The molecule has 0 atom stereocenters. The Morgan fingerprint density at radius 3 is 2.30 bits per heavy atom. The number of rotatable bonds is 4. The fraction of sp³-hybridized carbons (Fsp3) is 0.0870. The first kappa shape index (κ1) is 17.0. The lowest BCUT2D eigenvalue weighted by Gasteiger charge is -2.10. The van der Waals surface area contributed by atoms with E-state index in [1.54, 1.807) is 22.9 Å². The van der Waals surface area contributed by atoms with Crippen molar-refractivity contribution in [3.8, 4) is 34.0 Å². The summed E-state index contributed by atoms with van der Waals surface area (Å²) in [6, 6.07) is 23.4. The van der Waals surface area contributed by atoms with Gasteiger partial charge in [-0.25, -0.2) is 9.07 Å². The van der Waals surface area contributed by atoms with Gasteiger partial charge in [0.25, 0.3) is 0 Å². The third kappa shape index (κ3) is 3.22. The van der Waals surface area contributed by atoms with Crippen LogP contribution < -0.4 is 0 Å². The van der Waals surface area contributed by atoms with Gasteiger partial charge in [-0.2, -0.15) is 5.10 Å². The van der Waals surface area contributed by atoms with Crippen molar-refractivity contribution in [3.05, 3.63) is 90.2 Å². The molecule has 1 heterocycles. The molecule has 27 heavy (non-hydrogen) atoms. The molecule has 4 rings (SSSR count). The largest absolute Gasteiger partial charge is 0.508 e. The Morgan fingerprint density at radius 1 is 0.889 bits per heavy atom. The lowest BCUT2D eigenvalue weighted by molar-refractivity contribution is 0.475. The molecule has 0 aliphatic rings. The third-order valence-corrected chi connectivity index (χ3v) is 4.58. The monoisotopic (exact) mass is 358 g/mol. The Balaban J connectivity index is 2.01. The van der Waals surface area contributed by atoms with E-state index in [-0.39, 0.29) is 11.6 Å². The van der Waals surface area contributed by atoms with Crippen LogP contribution >= 0.6 is 0 Å². The molecule has 0 radical (unpaired) electrons. The van der Waals surface area contributed by atoms with Crippen LogP contribution in [0.3, 0.4) is 0 Å². The van der Waals surface area contributed by atoms with Gasteiger partial charge in [-0.3, -0.25) is 0 Å². The topological polar surface area (TPSA) is 38.0 Å². The summed E-state index contributed by atoms with van der Waals surface area (Å²) in [5, 5.41) is 14.5. The summed E-state index contributed by atoms with van der Waals surface area (Å²) < 4.78 is 15.7. The fourth-order valence-corrected chi connectivity index (χ4v) is 3.32. The van der Waals surface area contributed by atoms with Crippen LogP contribution in [0.1, 0.15) is 12.5 Å². The van der Waals surface area contributed by atoms with Gasteiger partial charge in [0.2, 0.25) is 0 Å². The molecule has 1 N–H and O–H groups in total. The average molecular weight is 358 g/mol. The smallest absolute Gasteiger partial charge is 0.125 e. The molecule has 0 saturated heterocycles. The van der Waals surface area contributed by atoms with E-state index < -0.39 is 0 Å². The van der Waals surface area contributed by atoms with Crippen LogP contribution in [0.5, 0.6) is 5.75 Å². The lowest BCUT2D eigenvalue weighted by Crippen LogP contribution is -2.00. The van der Waals surface area contributed by atoms with Crippen molar-refractivity contribution in [2.45, 2.75) is 13.3 Å². The molecule has 134 valence electrons. The molecule has 0 spiro atoms. The number of aromatic nitrogens is 2. The van der Waals surface area contributed by atoms with Crippen molar-refractivity contribution < 1.29 is 9.50 Å². The maximum absolute atomic E-state index is 13.9. The van der Waals surface area contributed by atoms with E-state index >= 15 is 0 Å². The Kier molecular flexibility index (Phi) is 4.47. The van der Waals surface area contributed by atoms with Crippen LogP contribution in [-0.4, -0.2) is 14.9 Å². The first-order valence-electron chi connectivity index (χ1n) is 8.90. The van der Waals surface area contributed by atoms with Gasteiger partial charge >= 0.3 is 0 Å². The number of nitrogens with zero attached hydrogens (tertiary/aromatic N) is 2. The van der Waals surface area contributed by atoms with Gasteiger partial charge in [0, 0.05) is 16.7 Å². The molecule has 0 fully saturated rings. The highest BCUT2D eigenvalue weighted by Gasteiger charge is 2.20. The molecule has 0 unspecified atom stereocenters. The first-order valence-corrected chi connectivity index (χ1v) is 8.90. The summed E-state index contributed by atoms with van der Waals surface area (Å²) in [6.45, 7) is 2.09. The van der Waals surface area contributed by atoms with Crippen LogP contribution in [0.15, 0.2) is 78.9 Å². The van der Waals surface area contributed by atoms with Crippen LogP contribution in [-0.2, 0) is 6.42 Å². The molecule has 3 aromatic carbocycles. The summed E-state index contributed by atoms with van der Waals surface area (Å²) in [7, 11) is 0. The van der Waals surface area contributed by atoms with Crippen molar-refractivity contribution >= 4 is 0 Å². The van der Waals surface area contributed by atoms with Crippen molar-refractivity contribution in [3.63, 3.8) is 0 Å². The summed E-state index contributed by atoms with van der Waals surface area (Å²) in [5.41, 5.74) is 5.46. The van der Waals surface area contributed by atoms with Gasteiger partial charge in [-0.15, -0.1) is 0 Å². The standard InChI is InChI=1S/C23H19FN2O/c1-2-21-22(16-7-4-3-5-8-16)25-26(19-10-6-9-18(24)15-19)23(21)17-11-13-20(27)14-12-17/h3-15,27H,2H2,1H3. The molecule has 4 heteroatoms. The average Bonchev–Trinajstić information content (AvgIpc) is 3.09. The molecule has 0 aliphatic carbocycles. The molecule has 0 saturated carbocycles. The Hall–Kier alpha value is -3.40. The third-order valence-electron chi connectivity index (χ3n) is 4.58. The van der Waals surface area contributed by atoms with Gasteiger partial charge in [0.05, 0.1) is 17.1 Å². The van der Waals surface area contributed by atoms with E-state index in [4.69, 9.17) is 5.10 Å². The number of phenolic OH excluding ortho intramolecular Hbond substituents is 1. The van der Waals surface area contributed by atoms with Crippen molar-refractivity contribution in [2.24, 2.45) is 0 Å². The first-order chi connectivity index (χ1) is 13.2. The maximum Gasteiger partial charge on any atom is 0.125 e. The van der Waals surface area contributed by atoms with E-state index in [9.17, 15) is 9.50 Å². The maximum atomic E-state index is 13.9. The highest BCUT2D eigenvalue weighted by atomic mass is 19.1. The highest BCUT2D eigenvalue weighted by Crippen LogP contribution is 2.35. The van der Waals surface area contributed by atoms with Gasteiger partial charge in [0.1, 0.15) is 11.6 Å². The van der Waals surface area contributed by atoms with Gasteiger partial charge in [-0.1, -0.05) is 43.3 Å². The van der Waals surface area contributed by atoms with Gasteiger partial charge < -0.3 is 5.11 Å². The van der Waals surface area contributed by atoms with Gasteiger partial charge in [0.15, 0.2) is 0 Å². The second kappa shape index (κ2) is 7.08. The predicted molar refractivity (Wildman–Crippen MR) is 105 cm³/mol. The zero-order valence-electron chi connectivity index (χ0n) is 14.9. The molecule has 0 aliphatic heterocycles. The zero-order valence-corrected chi connectivity index (χ0v) is 14.9. The normalized spacial score (nSPS) is 10.9. The Bertz CT molecular complexity index is 1070. The molecule has 3 nitrogen and oxygen atoms in total. The molecular weight excluding hydrogens is 339 g/mol. The molecule has 1 aromatic heterocycles. The number of phenols is 1. The minimum atomic E-state index is -0.307. The number of halogens is 1. The van der Waals surface area contributed by atoms with Crippen LogP contribution in [0.25, 0.3) is 28.2 Å². The van der Waals surface area contributed by atoms with Crippen molar-refractivity contribution in [1.82, 2.24) is 9.78 Å². The summed E-state index contributed by atoms with van der Waals surface area (Å²) >= 11 is 0. The van der Waals surface area contributed by atoms with E-state index in [0.717, 1.165) is 34.5 Å². The van der Waals surface area contributed by atoms with Crippen LogP contribution in [0.4, 0.5) is 4.39 Å². The summed E-state index contributed by atoms with van der Waals surface area (Å²) in [5.74, 6) is -0.101. The van der Waals surface area contributed by atoms with Crippen molar-refractivity contribution in [2.75, 3.05) is 0 Å². The molecule has 0 bridgehead atoms. The van der Waals surface area contributed by atoms with Crippen LogP contribution in [0, 0.1) is 5.82 Å². The quantitative estimate of drug-likeness (QED) is 0.515.